The van der Waals surface area contributed by atoms with Crippen LogP contribution in [0.25, 0.3) is 0 Å². The van der Waals surface area contributed by atoms with Gasteiger partial charge in [-0.2, -0.15) is 0 Å². The minimum Gasteiger partial charge on any atom is -0.484 e. The lowest BCUT2D eigenvalue weighted by molar-refractivity contribution is -0.119. The summed E-state index contributed by atoms with van der Waals surface area (Å²) < 4.78 is 11.2. The van der Waals surface area contributed by atoms with Crippen molar-refractivity contribution in [2.24, 2.45) is 10.7 Å². The topological polar surface area (TPSA) is 98.0 Å². The van der Waals surface area contributed by atoms with Crippen molar-refractivity contribution in [1.82, 2.24) is 10.6 Å². The molecule has 4 N–H and O–H groups in total. The van der Waals surface area contributed by atoms with E-state index in [0.717, 1.165) is 37.5 Å². The smallest absolute Gasteiger partial charge is 0.255 e. The number of nitrogens with zero attached hydrogens (tertiary/aromatic N) is 1. The number of hydrogen-bond donors (Lipinski definition) is 3. The van der Waals surface area contributed by atoms with Gasteiger partial charge in [-0.1, -0.05) is 42.5 Å². The molecule has 1 amide bonds. The van der Waals surface area contributed by atoms with Gasteiger partial charge >= 0.3 is 0 Å². The Kier molecular flexibility index (Phi) is 14.1. The maximum absolute atomic E-state index is 10.8. The van der Waals surface area contributed by atoms with E-state index in [1.54, 1.807) is 0 Å². The lowest BCUT2D eigenvalue weighted by atomic mass is 10.1. The summed E-state index contributed by atoms with van der Waals surface area (Å²) in [5.41, 5.74) is 7.43. The highest BCUT2D eigenvalue weighted by Crippen LogP contribution is 2.15. The number of nitrogens with two attached hydrogens (primary N) is 1. The van der Waals surface area contributed by atoms with E-state index >= 15 is 0 Å². The Morgan fingerprint density at radius 2 is 1.81 bits per heavy atom. The molecule has 8 heteroatoms. The maximum Gasteiger partial charge on any atom is 0.255 e. The normalized spacial score (nSPS) is 11.9. The zero-order valence-electron chi connectivity index (χ0n) is 18.9. The van der Waals surface area contributed by atoms with Crippen molar-refractivity contribution in [1.29, 1.82) is 0 Å². The van der Waals surface area contributed by atoms with Crippen LogP contribution in [-0.2, 0) is 16.0 Å². The van der Waals surface area contributed by atoms with Gasteiger partial charge in [0, 0.05) is 26.2 Å². The number of amides is 1. The molecule has 0 saturated carbocycles. The number of hydrogen-bond acceptors (Lipinski definition) is 4. The fraction of sp³-hybridized carbons (Fsp3) is 0.417. The number of guanidine groups is 1. The molecule has 0 radical (unpaired) electrons. The van der Waals surface area contributed by atoms with Crippen LogP contribution in [-0.4, -0.2) is 44.7 Å². The highest BCUT2D eigenvalue weighted by molar-refractivity contribution is 14.0. The van der Waals surface area contributed by atoms with Crippen LogP contribution in [0.15, 0.2) is 59.6 Å². The van der Waals surface area contributed by atoms with E-state index in [9.17, 15) is 4.79 Å². The summed E-state index contributed by atoms with van der Waals surface area (Å²) >= 11 is 0. The molecule has 7 nitrogen and oxygen atoms in total. The molecular formula is C24H35IN4O3. The molecule has 2 aromatic rings. The minimum absolute atomic E-state index is 0. The van der Waals surface area contributed by atoms with E-state index in [0.29, 0.717) is 18.9 Å². The summed E-state index contributed by atoms with van der Waals surface area (Å²) in [5.74, 6) is 0.954. The summed E-state index contributed by atoms with van der Waals surface area (Å²) in [5, 5.41) is 6.62. The maximum atomic E-state index is 10.8. The minimum atomic E-state index is -0.485. The van der Waals surface area contributed by atoms with Gasteiger partial charge in [0.15, 0.2) is 12.6 Å². The highest BCUT2D eigenvalue weighted by Gasteiger charge is 2.04. The van der Waals surface area contributed by atoms with Gasteiger partial charge in [-0.05, 0) is 49.9 Å². The van der Waals surface area contributed by atoms with Gasteiger partial charge in [0.05, 0.1) is 6.10 Å². The van der Waals surface area contributed by atoms with E-state index in [1.807, 2.05) is 49.4 Å². The molecule has 2 aromatic carbocycles. The third-order valence-corrected chi connectivity index (χ3v) is 4.56. The largest absolute Gasteiger partial charge is 0.484 e. The van der Waals surface area contributed by atoms with Gasteiger partial charge < -0.3 is 25.8 Å². The van der Waals surface area contributed by atoms with E-state index in [1.165, 1.54) is 5.56 Å². The van der Waals surface area contributed by atoms with Gasteiger partial charge in [0.25, 0.3) is 5.91 Å². The average molecular weight is 554 g/mol. The summed E-state index contributed by atoms with van der Waals surface area (Å²) in [4.78, 5) is 15.4. The van der Waals surface area contributed by atoms with Gasteiger partial charge in [-0.3, -0.25) is 9.79 Å². The Bertz CT molecular complexity index is 801. The predicted molar refractivity (Wildman–Crippen MR) is 140 cm³/mol. The quantitative estimate of drug-likeness (QED) is 0.153. The summed E-state index contributed by atoms with van der Waals surface area (Å²) in [6.45, 7) is 6.94. The van der Waals surface area contributed by atoms with Crippen molar-refractivity contribution < 1.29 is 14.3 Å². The van der Waals surface area contributed by atoms with Crippen LogP contribution in [0, 0.1) is 0 Å². The molecule has 32 heavy (non-hydrogen) atoms. The van der Waals surface area contributed by atoms with Crippen LogP contribution in [0.1, 0.15) is 37.5 Å². The molecule has 0 bridgehead atoms. The Labute approximate surface area is 208 Å². The van der Waals surface area contributed by atoms with E-state index in [2.05, 4.69) is 34.7 Å². The van der Waals surface area contributed by atoms with Crippen molar-refractivity contribution in [2.75, 3.05) is 32.8 Å². The zero-order chi connectivity index (χ0) is 22.3. The third kappa shape index (κ3) is 11.3. The van der Waals surface area contributed by atoms with Crippen LogP contribution < -0.4 is 21.1 Å². The molecule has 1 unspecified atom stereocenters. The first-order chi connectivity index (χ1) is 15.1. The van der Waals surface area contributed by atoms with E-state index in [-0.39, 0.29) is 36.7 Å². The molecule has 0 aliphatic carbocycles. The number of halogens is 1. The SMILES string of the molecule is CCNC(=NCCCOC(C)c1ccccc1)NCCc1ccc(OCC(N)=O)cc1.I. The number of ether oxygens (including phenoxy) is 2. The molecule has 0 heterocycles. The molecule has 0 aromatic heterocycles. The summed E-state index contributed by atoms with van der Waals surface area (Å²) in [7, 11) is 0. The van der Waals surface area contributed by atoms with Crippen molar-refractivity contribution in [3.63, 3.8) is 0 Å². The van der Waals surface area contributed by atoms with Crippen LogP contribution in [0.2, 0.25) is 0 Å². The lowest BCUT2D eigenvalue weighted by Gasteiger charge is -2.14. The molecule has 0 aliphatic heterocycles. The number of carbonyl (C=O) groups is 1. The van der Waals surface area contributed by atoms with Crippen LogP contribution in [0.3, 0.4) is 0 Å². The molecule has 2 rings (SSSR count). The van der Waals surface area contributed by atoms with E-state index < -0.39 is 5.91 Å². The number of benzene rings is 2. The molecule has 0 saturated heterocycles. The number of nitrogens with one attached hydrogen (secondary N) is 2. The van der Waals surface area contributed by atoms with Crippen LogP contribution in [0.4, 0.5) is 0 Å². The monoisotopic (exact) mass is 554 g/mol. The van der Waals surface area contributed by atoms with Gasteiger partial charge in [0.1, 0.15) is 5.75 Å². The Morgan fingerprint density at radius 1 is 1.09 bits per heavy atom. The molecule has 0 spiro atoms. The second-order valence-electron chi connectivity index (χ2n) is 7.11. The van der Waals surface area contributed by atoms with Crippen molar-refractivity contribution >= 4 is 35.8 Å². The first kappa shape index (κ1) is 27.7. The molecule has 176 valence electrons. The first-order valence-electron chi connectivity index (χ1n) is 10.8. The second-order valence-corrected chi connectivity index (χ2v) is 7.11. The number of rotatable bonds is 13. The number of primary amides is 1. The van der Waals surface area contributed by atoms with Crippen LogP contribution >= 0.6 is 24.0 Å². The van der Waals surface area contributed by atoms with Gasteiger partial charge in [-0.25, -0.2) is 0 Å². The molecule has 0 fully saturated rings. The van der Waals surface area contributed by atoms with Gasteiger partial charge in [-0.15, -0.1) is 24.0 Å². The van der Waals surface area contributed by atoms with Crippen LogP contribution in [0.5, 0.6) is 5.75 Å². The molecular weight excluding hydrogens is 519 g/mol. The molecule has 0 aliphatic rings. The third-order valence-electron chi connectivity index (χ3n) is 4.56. The number of carbonyl (C=O) groups excluding carboxylic acids is 1. The summed E-state index contributed by atoms with van der Waals surface area (Å²) in [6, 6.07) is 17.9. The zero-order valence-corrected chi connectivity index (χ0v) is 21.2. The molecule has 1 atom stereocenters. The van der Waals surface area contributed by atoms with Crippen molar-refractivity contribution in [2.45, 2.75) is 32.8 Å². The van der Waals surface area contributed by atoms with Crippen molar-refractivity contribution in [3.05, 3.63) is 65.7 Å². The van der Waals surface area contributed by atoms with E-state index in [4.69, 9.17) is 15.2 Å². The highest BCUT2D eigenvalue weighted by atomic mass is 127. The van der Waals surface area contributed by atoms with Crippen molar-refractivity contribution in [3.8, 4) is 5.75 Å². The standard InChI is InChI=1S/C24H34N4O3.HI/c1-3-26-24(27-15-7-17-30-19(2)21-8-5-4-6-9-21)28-16-14-20-10-12-22(13-11-20)31-18-23(25)29;/h4-6,8-13,19H,3,7,14-18H2,1-2H3,(H2,25,29)(H2,26,27,28);1H. The summed E-state index contributed by atoms with van der Waals surface area (Å²) in [6.07, 6.45) is 1.79. The fourth-order valence-electron chi connectivity index (χ4n) is 2.91. The predicted octanol–water partition coefficient (Wildman–Crippen LogP) is 3.43. The Balaban J connectivity index is 0.00000512. The Morgan fingerprint density at radius 3 is 2.47 bits per heavy atom. The number of aliphatic imine (C=N–C) groups is 1. The first-order valence-corrected chi connectivity index (χ1v) is 10.8. The van der Waals surface area contributed by atoms with Gasteiger partial charge in [0.2, 0.25) is 0 Å². The fourth-order valence-corrected chi connectivity index (χ4v) is 2.91. The lowest BCUT2D eigenvalue weighted by Crippen LogP contribution is -2.38. The Hall–Kier alpha value is -2.33. The second kappa shape index (κ2) is 16.3. The average Bonchev–Trinajstić information content (AvgIpc) is 2.78.